The maximum atomic E-state index is 12.0. The first-order chi connectivity index (χ1) is 10.7. The van der Waals surface area contributed by atoms with E-state index in [1.807, 2.05) is 18.2 Å². The van der Waals surface area contributed by atoms with Crippen molar-refractivity contribution in [2.24, 2.45) is 5.92 Å². The van der Waals surface area contributed by atoms with Gasteiger partial charge in [-0.25, -0.2) is 0 Å². The summed E-state index contributed by atoms with van der Waals surface area (Å²) < 4.78 is 0. The normalized spacial score (nSPS) is 17.5. The van der Waals surface area contributed by atoms with Crippen molar-refractivity contribution >= 4 is 11.6 Å². The summed E-state index contributed by atoms with van der Waals surface area (Å²) in [6.45, 7) is 2.63. The molecule has 1 unspecified atom stereocenters. The third-order valence-corrected chi connectivity index (χ3v) is 4.00. The Kier molecular flexibility index (Phi) is 4.23. The number of anilines is 1. The number of hydrogen-bond donors (Lipinski definition) is 2. The first-order valence-electron chi connectivity index (χ1n) is 7.49. The molecule has 0 saturated carbocycles. The fourth-order valence-corrected chi connectivity index (χ4v) is 2.76. The smallest absolute Gasteiger partial charge is 0.252 e. The molecule has 2 heterocycles. The first-order valence-corrected chi connectivity index (χ1v) is 7.49. The van der Waals surface area contributed by atoms with Gasteiger partial charge in [0.1, 0.15) is 0 Å². The Morgan fingerprint density at radius 3 is 2.77 bits per heavy atom. The van der Waals surface area contributed by atoms with Crippen LogP contribution in [0.3, 0.4) is 0 Å². The minimum absolute atomic E-state index is 0.144. The van der Waals surface area contributed by atoms with Gasteiger partial charge in [0.2, 0.25) is 5.56 Å². The average molecular weight is 297 g/mol. The van der Waals surface area contributed by atoms with Crippen LogP contribution in [-0.2, 0) is 0 Å². The number of pyridine rings is 1. The highest BCUT2D eigenvalue weighted by atomic mass is 16.1. The van der Waals surface area contributed by atoms with Crippen LogP contribution in [0.2, 0.25) is 0 Å². The van der Waals surface area contributed by atoms with E-state index in [-0.39, 0.29) is 11.5 Å². The van der Waals surface area contributed by atoms with Gasteiger partial charge in [-0.3, -0.25) is 9.59 Å². The molecule has 1 aromatic carbocycles. The number of nitrogens with one attached hydrogen (secondary N) is 2. The van der Waals surface area contributed by atoms with E-state index in [0.29, 0.717) is 18.0 Å². The maximum absolute atomic E-state index is 12.0. The van der Waals surface area contributed by atoms with Crippen LogP contribution in [0.4, 0.5) is 5.69 Å². The summed E-state index contributed by atoms with van der Waals surface area (Å²) in [7, 11) is 0. The number of para-hydroxylation sites is 1. The molecule has 114 valence electrons. The van der Waals surface area contributed by atoms with Crippen molar-refractivity contribution in [3.63, 3.8) is 0 Å². The van der Waals surface area contributed by atoms with Crippen molar-refractivity contribution in [1.82, 2.24) is 10.3 Å². The van der Waals surface area contributed by atoms with Crippen molar-refractivity contribution in [3.05, 3.63) is 64.6 Å². The molecule has 22 heavy (non-hydrogen) atoms. The number of amides is 1. The minimum atomic E-state index is -0.203. The summed E-state index contributed by atoms with van der Waals surface area (Å²) in [5.74, 6) is 0.307. The Hall–Kier alpha value is -2.56. The maximum Gasteiger partial charge on any atom is 0.252 e. The van der Waals surface area contributed by atoms with E-state index < -0.39 is 0 Å². The summed E-state index contributed by atoms with van der Waals surface area (Å²) in [6, 6.07) is 13.2. The molecule has 1 fully saturated rings. The predicted octanol–water partition coefficient (Wildman–Crippen LogP) is 1.63. The summed E-state index contributed by atoms with van der Waals surface area (Å²) >= 11 is 0. The Bertz CT molecular complexity index is 676. The number of aromatic amines is 1. The largest absolute Gasteiger partial charge is 0.371 e. The van der Waals surface area contributed by atoms with E-state index in [9.17, 15) is 9.59 Å². The molecule has 0 spiro atoms. The molecule has 3 rings (SSSR count). The van der Waals surface area contributed by atoms with Crippen LogP contribution < -0.4 is 15.8 Å². The zero-order valence-electron chi connectivity index (χ0n) is 12.3. The Morgan fingerprint density at radius 2 is 2.05 bits per heavy atom. The monoisotopic (exact) mass is 297 g/mol. The van der Waals surface area contributed by atoms with E-state index in [4.69, 9.17) is 0 Å². The highest BCUT2D eigenvalue weighted by Gasteiger charge is 2.23. The molecule has 0 radical (unpaired) electrons. The average Bonchev–Trinajstić information content (AvgIpc) is 3.03. The number of rotatable bonds is 4. The standard InChI is InChI=1S/C17H19N3O2/c21-16-7-6-14(11-18-16)17(22)19-10-13-8-9-20(12-13)15-4-2-1-3-5-15/h1-7,11,13H,8-10,12H2,(H,18,21)(H,19,22). The molecule has 2 N–H and O–H groups in total. The van der Waals surface area contributed by atoms with Crippen molar-refractivity contribution in [2.75, 3.05) is 24.5 Å². The Morgan fingerprint density at radius 1 is 1.23 bits per heavy atom. The lowest BCUT2D eigenvalue weighted by atomic mass is 10.1. The number of H-pyrrole nitrogens is 1. The fraction of sp³-hybridized carbons (Fsp3) is 0.294. The minimum Gasteiger partial charge on any atom is -0.371 e. The molecule has 5 heteroatoms. The van der Waals surface area contributed by atoms with Gasteiger partial charge in [-0.15, -0.1) is 0 Å². The van der Waals surface area contributed by atoms with Crippen LogP contribution in [0, 0.1) is 5.92 Å². The molecule has 1 saturated heterocycles. The topological polar surface area (TPSA) is 65.2 Å². The first kappa shape index (κ1) is 14.4. The molecule has 1 aliphatic heterocycles. The number of benzene rings is 1. The third-order valence-electron chi connectivity index (χ3n) is 4.00. The second-order valence-corrected chi connectivity index (χ2v) is 5.59. The van der Waals surface area contributed by atoms with E-state index in [1.165, 1.54) is 18.0 Å². The van der Waals surface area contributed by atoms with Gasteiger partial charge in [-0.2, -0.15) is 0 Å². The van der Waals surface area contributed by atoms with Crippen LogP contribution in [0.15, 0.2) is 53.5 Å². The summed E-state index contributed by atoms with van der Waals surface area (Å²) in [4.78, 5) is 27.9. The molecule has 0 bridgehead atoms. The summed E-state index contributed by atoms with van der Waals surface area (Å²) in [5, 5.41) is 2.94. The lowest BCUT2D eigenvalue weighted by Gasteiger charge is -2.18. The number of nitrogens with zero attached hydrogens (tertiary/aromatic N) is 1. The van der Waals surface area contributed by atoms with E-state index in [0.717, 1.165) is 19.5 Å². The second kappa shape index (κ2) is 6.47. The Balaban J connectivity index is 1.51. The van der Waals surface area contributed by atoms with E-state index in [2.05, 4.69) is 27.3 Å². The Labute approximate surface area is 129 Å². The van der Waals surface area contributed by atoms with Crippen LogP contribution >= 0.6 is 0 Å². The zero-order chi connectivity index (χ0) is 15.4. The molecule has 5 nitrogen and oxygen atoms in total. The number of carbonyl (C=O) groups is 1. The molecular formula is C17H19N3O2. The molecule has 1 atom stereocenters. The van der Waals surface area contributed by atoms with Gasteiger partial charge in [0.05, 0.1) is 5.56 Å². The molecule has 2 aromatic rings. The van der Waals surface area contributed by atoms with Gasteiger partial charge in [0, 0.05) is 37.6 Å². The van der Waals surface area contributed by atoms with Crippen molar-refractivity contribution in [3.8, 4) is 0 Å². The van der Waals surface area contributed by atoms with E-state index >= 15 is 0 Å². The summed E-state index contributed by atoms with van der Waals surface area (Å²) in [5.41, 5.74) is 1.51. The van der Waals surface area contributed by atoms with Crippen molar-refractivity contribution in [1.29, 1.82) is 0 Å². The van der Waals surface area contributed by atoms with Gasteiger partial charge in [-0.05, 0) is 30.5 Å². The number of aromatic nitrogens is 1. The SMILES string of the molecule is O=C(NCC1CCN(c2ccccc2)C1)c1ccc(=O)[nH]c1. The lowest BCUT2D eigenvalue weighted by molar-refractivity contribution is 0.0948. The van der Waals surface area contributed by atoms with Gasteiger partial charge in [0.15, 0.2) is 0 Å². The molecule has 1 aromatic heterocycles. The number of hydrogen-bond acceptors (Lipinski definition) is 3. The van der Waals surface area contributed by atoms with Gasteiger partial charge < -0.3 is 15.2 Å². The highest BCUT2D eigenvalue weighted by Crippen LogP contribution is 2.22. The van der Waals surface area contributed by atoms with E-state index in [1.54, 1.807) is 6.07 Å². The third kappa shape index (κ3) is 3.36. The van der Waals surface area contributed by atoms with Gasteiger partial charge >= 0.3 is 0 Å². The zero-order valence-corrected chi connectivity index (χ0v) is 12.3. The summed E-state index contributed by atoms with van der Waals surface area (Å²) in [6.07, 6.45) is 2.52. The predicted molar refractivity (Wildman–Crippen MR) is 86.2 cm³/mol. The quantitative estimate of drug-likeness (QED) is 0.901. The molecular weight excluding hydrogens is 278 g/mol. The van der Waals surface area contributed by atoms with Crippen LogP contribution in [0.1, 0.15) is 16.8 Å². The fourth-order valence-electron chi connectivity index (χ4n) is 2.76. The van der Waals surface area contributed by atoms with Gasteiger partial charge in [0.25, 0.3) is 5.91 Å². The number of carbonyl (C=O) groups excluding carboxylic acids is 1. The van der Waals surface area contributed by atoms with Gasteiger partial charge in [-0.1, -0.05) is 18.2 Å². The van der Waals surface area contributed by atoms with Crippen molar-refractivity contribution < 1.29 is 4.79 Å². The molecule has 1 amide bonds. The molecule has 1 aliphatic rings. The van der Waals surface area contributed by atoms with Crippen molar-refractivity contribution in [2.45, 2.75) is 6.42 Å². The van der Waals surface area contributed by atoms with Crippen LogP contribution in [0.5, 0.6) is 0 Å². The van der Waals surface area contributed by atoms with Crippen LogP contribution in [-0.4, -0.2) is 30.5 Å². The van der Waals surface area contributed by atoms with Crippen LogP contribution in [0.25, 0.3) is 0 Å². The lowest BCUT2D eigenvalue weighted by Crippen LogP contribution is -2.31. The molecule has 0 aliphatic carbocycles. The second-order valence-electron chi connectivity index (χ2n) is 5.59. The highest BCUT2D eigenvalue weighted by molar-refractivity contribution is 5.93.